The fraction of sp³-hybridized carbons (Fsp3) is 0.316. The fourth-order valence-electron chi connectivity index (χ4n) is 3.21. The SMILES string of the molecule is CC1(C(=O)NCc2ccc(C(=O)O)s2)CCCN1C(=O)c1ccccc1. The zero-order chi connectivity index (χ0) is 18.7. The van der Waals surface area contributed by atoms with Crippen molar-refractivity contribution in [3.05, 3.63) is 57.8 Å². The normalized spacial score (nSPS) is 19.3. The topological polar surface area (TPSA) is 86.7 Å². The first-order valence-corrected chi connectivity index (χ1v) is 9.21. The van der Waals surface area contributed by atoms with Crippen LogP contribution in [0.3, 0.4) is 0 Å². The number of carboxylic acids is 1. The van der Waals surface area contributed by atoms with Crippen LogP contribution in [-0.4, -0.2) is 39.9 Å². The second-order valence-corrected chi connectivity index (χ2v) is 7.62. The molecule has 1 atom stereocenters. The molecule has 1 saturated heterocycles. The number of benzene rings is 1. The maximum absolute atomic E-state index is 12.8. The summed E-state index contributed by atoms with van der Waals surface area (Å²) in [7, 11) is 0. The Hall–Kier alpha value is -2.67. The van der Waals surface area contributed by atoms with E-state index in [1.165, 1.54) is 6.07 Å². The van der Waals surface area contributed by atoms with Crippen LogP contribution in [0.25, 0.3) is 0 Å². The molecule has 2 aromatic rings. The van der Waals surface area contributed by atoms with Gasteiger partial charge in [-0.25, -0.2) is 4.79 Å². The van der Waals surface area contributed by atoms with Crippen LogP contribution in [0.2, 0.25) is 0 Å². The van der Waals surface area contributed by atoms with E-state index in [1.54, 1.807) is 42.2 Å². The molecule has 1 aromatic carbocycles. The molecule has 1 aliphatic rings. The summed E-state index contributed by atoms with van der Waals surface area (Å²) in [5.41, 5.74) is -0.336. The van der Waals surface area contributed by atoms with Crippen molar-refractivity contribution in [1.29, 1.82) is 0 Å². The molecule has 1 fully saturated rings. The number of hydrogen-bond donors (Lipinski definition) is 2. The molecule has 136 valence electrons. The van der Waals surface area contributed by atoms with Crippen molar-refractivity contribution < 1.29 is 19.5 Å². The number of carbonyl (C=O) groups is 3. The lowest BCUT2D eigenvalue weighted by molar-refractivity contribution is -0.130. The molecule has 1 aromatic heterocycles. The average molecular weight is 372 g/mol. The summed E-state index contributed by atoms with van der Waals surface area (Å²) in [5, 5.41) is 11.8. The Labute approximate surface area is 155 Å². The highest BCUT2D eigenvalue weighted by atomic mass is 32.1. The van der Waals surface area contributed by atoms with Gasteiger partial charge in [0.1, 0.15) is 10.4 Å². The minimum absolute atomic E-state index is 0.148. The van der Waals surface area contributed by atoms with Crippen molar-refractivity contribution in [1.82, 2.24) is 10.2 Å². The van der Waals surface area contributed by atoms with E-state index in [2.05, 4.69) is 5.32 Å². The average Bonchev–Trinajstić information content (AvgIpc) is 3.27. The standard InChI is InChI=1S/C19H20N2O4S/c1-19(18(25)20-12-14-8-9-15(26-14)17(23)24)10-5-11-21(19)16(22)13-6-3-2-4-7-13/h2-4,6-9H,5,10-12H2,1H3,(H,20,25)(H,23,24). The minimum atomic E-state index is -0.977. The highest BCUT2D eigenvalue weighted by Gasteiger charge is 2.45. The van der Waals surface area contributed by atoms with Gasteiger partial charge in [-0.1, -0.05) is 18.2 Å². The molecule has 2 N–H and O–H groups in total. The maximum atomic E-state index is 12.8. The van der Waals surface area contributed by atoms with Crippen LogP contribution in [0, 0.1) is 0 Å². The third-order valence-electron chi connectivity index (χ3n) is 4.69. The van der Waals surface area contributed by atoms with Gasteiger partial charge in [0.15, 0.2) is 0 Å². The molecule has 0 aliphatic carbocycles. The fourth-order valence-corrected chi connectivity index (χ4v) is 3.99. The van der Waals surface area contributed by atoms with E-state index in [0.717, 1.165) is 22.6 Å². The van der Waals surface area contributed by atoms with Crippen LogP contribution >= 0.6 is 11.3 Å². The zero-order valence-electron chi connectivity index (χ0n) is 14.4. The van der Waals surface area contributed by atoms with Gasteiger partial charge >= 0.3 is 5.97 Å². The molecule has 0 radical (unpaired) electrons. The summed E-state index contributed by atoms with van der Waals surface area (Å²) in [5.74, 6) is -1.34. The quantitative estimate of drug-likeness (QED) is 0.845. The monoisotopic (exact) mass is 372 g/mol. The van der Waals surface area contributed by atoms with E-state index in [4.69, 9.17) is 5.11 Å². The molecule has 6 nitrogen and oxygen atoms in total. The Morgan fingerprint density at radius 3 is 2.58 bits per heavy atom. The number of hydrogen-bond acceptors (Lipinski definition) is 4. The molecule has 2 heterocycles. The summed E-state index contributed by atoms with van der Waals surface area (Å²) in [4.78, 5) is 39.2. The number of thiophene rings is 1. The Balaban J connectivity index is 1.70. The highest BCUT2D eigenvalue weighted by molar-refractivity contribution is 7.13. The molecule has 1 aliphatic heterocycles. The summed E-state index contributed by atoms with van der Waals surface area (Å²) < 4.78 is 0. The van der Waals surface area contributed by atoms with Gasteiger partial charge < -0.3 is 15.3 Å². The van der Waals surface area contributed by atoms with E-state index in [0.29, 0.717) is 18.5 Å². The predicted molar refractivity (Wildman–Crippen MR) is 98.2 cm³/mol. The molecular weight excluding hydrogens is 352 g/mol. The number of nitrogens with one attached hydrogen (secondary N) is 1. The lowest BCUT2D eigenvalue weighted by Gasteiger charge is -2.34. The number of rotatable bonds is 5. The van der Waals surface area contributed by atoms with Crippen molar-refractivity contribution in [2.75, 3.05) is 6.54 Å². The smallest absolute Gasteiger partial charge is 0.345 e. The second-order valence-electron chi connectivity index (χ2n) is 6.45. The first-order valence-electron chi connectivity index (χ1n) is 8.39. The molecule has 0 bridgehead atoms. The van der Waals surface area contributed by atoms with Crippen LogP contribution in [0.1, 0.15) is 44.7 Å². The third kappa shape index (κ3) is 3.48. The van der Waals surface area contributed by atoms with E-state index in [9.17, 15) is 14.4 Å². The number of aromatic carboxylic acids is 1. The Morgan fingerprint density at radius 2 is 1.92 bits per heavy atom. The number of carboxylic acid groups (broad SMARTS) is 1. The Kier molecular flexibility index (Phi) is 5.08. The van der Waals surface area contributed by atoms with E-state index < -0.39 is 11.5 Å². The number of carbonyl (C=O) groups excluding carboxylic acids is 2. The first kappa shape index (κ1) is 18.1. The molecule has 3 rings (SSSR count). The number of amides is 2. The first-order chi connectivity index (χ1) is 12.4. The maximum Gasteiger partial charge on any atom is 0.345 e. The largest absolute Gasteiger partial charge is 0.477 e. The van der Waals surface area contributed by atoms with Crippen LogP contribution in [0.4, 0.5) is 0 Å². The number of nitrogens with zero attached hydrogens (tertiary/aromatic N) is 1. The minimum Gasteiger partial charge on any atom is -0.477 e. The molecular formula is C19H20N2O4S. The van der Waals surface area contributed by atoms with Crippen LogP contribution in [0.15, 0.2) is 42.5 Å². The van der Waals surface area contributed by atoms with Gasteiger partial charge in [0.25, 0.3) is 5.91 Å². The molecule has 0 spiro atoms. The van der Waals surface area contributed by atoms with Crippen LogP contribution in [-0.2, 0) is 11.3 Å². The summed E-state index contributed by atoms with van der Waals surface area (Å²) >= 11 is 1.13. The third-order valence-corrected chi connectivity index (χ3v) is 5.76. The summed E-state index contributed by atoms with van der Waals surface area (Å²) in [6.45, 7) is 2.58. The van der Waals surface area contributed by atoms with Crippen molar-refractivity contribution in [2.24, 2.45) is 0 Å². The Morgan fingerprint density at radius 1 is 1.19 bits per heavy atom. The second kappa shape index (κ2) is 7.29. The number of likely N-dealkylation sites (tertiary alicyclic amines) is 1. The van der Waals surface area contributed by atoms with Crippen LogP contribution < -0.4 is 5.32 Å². The molecule has 26 heavy (non-hydrogen) atoms. The van der Waals surface area contributed by atoms with Crippen LogP contribution in [0.5, 0.6) is 0 Å². The predicted octanol–water partition coefficient (Wildman–Crippen LogP) is 2.76. The summed E-state index contributed by atoms with van der Waals surface area (Å²) in [6.07, 6.45) is 1.37. The summed E-state index contributed by atoms with van der Waals surface area (Å²) in [6, 6.07) is 12.2. The molecule has 2 amide bonds. The molecule has 0 saturated carbocycles. The van der Waals surface area contributed by atoms with Crippen molar-refractivity contribution in [2.45, 2.75) is 31.8 Å². The van der Waals surface area contributed by atoms with Gasteiger partial charge in [0.2, 0.25) is 5.91 Å². The zero-order valence-corrected chi connectivity index (χ0v) is 15.2. The Bertz CT molecular complexity index is 833. The van der Waals surface area contributed by atoms with E-state index >= 15 is 0 Å². The molecule has 7 heteroatoms. The van der Waals surface area contributed by atoms with Crippen molar-refractivity contribution in [3.8, 4) is 0 Å². The van der Waals surface area contributed by atoms with Crippen molar-refractivity contribution in [3.63, 3.8) is 0 Å². The lowest BCUT2D eigenvalue weighted by atomic mass is 9.97. The van der Waals surface area contributed by atoms with Crippen molar-refractivity contribution >= 4 is 29.1 Å². The lowest BCUT2D eigenvalue weighted by Crippen LogP contribution is -2.55. The van der Waals surface area contributed by atoms with Gasteiger partial charge in [-0.05, 0) is 44.0 Å². The van der Waals surface area contributed by atoms with Gasteiger partial charge in [0, 0.05) is 17.0 Å². The van der Waals surface area contributed by atoms with E-state index in [-0.39, 0.29) is 23.2 Å². The van der Waals surface area contributed by atoms with E-state index in [1.807, 2.05) is 6.07 Å². The molecule has 1 unspecified atom stereocenters. The van der Waals surface area contributed by atoms with Gasteiger partial charge in [-0.2, -0.15) is 0 Å². The van der Waals surface area contributed by atoms with Gasteiger partial charge in [-0.15, -0.1) is 11.3 Å². The van der Waals surface area contributed by atoms with Gasteiger partial charge in [-0.3, -0.25) is 9.59 Å². The highest BCUT2D eigenvalue weighted by Crippen LogP contribution is 2.31. The van der Waals surface area contributed by atoms with Gasteiger partial charge in [0.05, 0.1) is 6.54 Å².